The lowest BCUT2D eigenvalue weighted by Crippen LogP contribution is -1.86. The Hall–Kier alpha value is -0.520. The molecular formula is C9H16. The summed E-state index contributed by atoms with van der Waals surface area (Å²) in [5.74, 6) is 0.716. The van der Waals surface area contributed by atoms with Crippen molar-refractivity contribution in [1.82, 2.24) is 0 Å². The fraction of sp³-hybridized carbons (Fsp3) is 0.556. The minimum absolute atomic E-state index is 0.716. The van der Waals surface area contributed by atoms with Crippen LogP contribution in [0.2, 0.25) is 0 Å². The molecule has 0 fully saturated rings. The SMILES string of the molecule is C=CCCC(C)C=CC. The van der Waals surface area contributed by atoms with Gasteiger partial charge < -0.3 is 0 Å². The molecule has 9 heavy (non-hydrogen) atoms. The highest BCUT2D eigenvalue weighted by Gasteiger charge is 1.91. The minimum atomic E-state index is 0.716. The number of allylic oxidation sites excluding steroid dienone is 3. The van der Waals surface area contributed by atoms with Gasteiger partial charge in [-0.3, -0.25) is 0 Å². The summed E-state index contributed by atoms with van der Waals surface area (Å²) in [5.41, 5.74) is 0. The lowest BCUT2D eigenvalue weighted by atomic mass is 10.1. The van der Waals surface area contributed by atoms with Gasteiger partial charge in [0.25, 0.3) is 0 Å². The van der Waals surface area contributed by atoms with E-state index in [2.05, 4.69) is 32.6 Å². The molecule has 0 aromatic rings. The van der Waals surface area contributed by atoms with Crippen LogP contribution in [0.4, 0.5) is 0 Å². The Balaban J connectivity index is 3.25. The summed E-state index contributed by atoms with van der Waals surface area (Å²) < 4.78 is 0. The van der Waals surface area contributed by atoms with E-state index in [1.165, 1.54) is 6.42 Å². The van der Waals surface area contributed by atoms with E-state index >= 15 is 0 Å². The maximum Gasteiger partial charge on any atom is -0.0259 e. The van der Waals surface area contributed by atoms with Crippen LogP contribution < -0.4 is 0 Å². The minimum Gasteiger partial charge on any atom is -0.103 e. The highest BCUT2D eigenvalue weighted by Crippen LogP contribution is 2.06. The molecule has 0 bridgehead atoms. The van der Waals surface area contributed by atoms with Crippen LogP contribution in [0.1, 0.15) is 26.7 Å². The zero-order valence-electron chi connectivity index (χ0n) is 6.43. The monoisotopic (exact) mass is 124 g/mol. The second-order valence-electron chi connectivity index (χ2n) is 2.37. The maximum atomic E-state index is 3.67. The summed E-state index contributed by atoms with van der Waals surface area (Å²) >= 11 is 0. The molecular weight excluding hydrogens is 108 g/mol. The van der Waals surface area contributed by atoms with E-state index in [0.717, 1.165) is 6.42 Å². The van der Waals surface area contributed by atoms with Crippen LogP contribution >= 0.6 is 0 Å². The topological polar surface area (TPSA) is 0 Å². The van der Waals surface area contributed by atoms with Crippen LogP contribution in [0.5, 0.6) is 0 Å². The van der Waals surface area contributed by atoms with Crippen LogP contribution in [-0.4, -0.2) is 0 Å². The molecule has 0 amide bonds. The summed E-state index contributed by atoms with van der Waals surface area (Å²) in [5, 5.41) is 0. The van der Waals surface area contributed by atoms with E-state index in [4.69, 9.17) is 0 Å². The first-order valence-electron chi connectivity index (χ1n) is 3.55. The Kier molecular flexibility index (Phi) is 5.29. The van der Waals surface area contributed by atoms with Gasteiger partial charge in [0.1, 0.15) is 0 Å². The third-order valence-corrected chi connectivity index (χ3v) is 1.35. The Morgan fingerprint density at radius 3 is 2.67 bits per heavy atom. The normalized spacial score (nSPS) is 14.0. The van der Waals surface area contributed by atoms with Gasteiger partial charge in [-0.2, -0.15) is 0 Å². The van der Waals surface area contributed by atoms with E-state index in [0.29, 0.717) is 5.92 Å². The quantitative estimate of drug-likeness (QED) is 0.505. The van der Waals surface area contributed by atoms with E-state index in [9.17, 15) is 0 Å². The van der Waals surface area contributed by atoms with E-state index < -0.39 is 0 Å². The van der Waals surface area contributed by atoms with Crippen LogP contribution in [0.25, 0.3) is 0 Å². The van der Waals surface area contributed by atoms with Gasteiger partial charge in [-0.1, -0.05) is 25.2 Å². The first-order valence-corrected chi connectivity index (χ1v) is 3.55. The molecule has 0 aromatic heterocycles. The highest BCUT2D eigenvalue weighted by atomic mass is 14.0. The van der Waals surface area contributed by atoms with E-state index in [1.807, 2.05) is 6.08 Å². The molecule has 0 saturated carbocycles. The van der Waals surface area contributed by atoms with Crippen molar-refractivity contribution < 1.29 is 0 Å². The van der Waals surface area contributed by atoms with Crippen molar-refractivity contribution in [2.75, 3.05) is 0 Å². The molecule has 1 unspecified atom stereocenters. The number of hydrogen-bond donors (Lipinski definition) is 0. The largest absolute Gasteiger partial charge is 0.103 e. The van der Waals surface area contributed by atoms with Gasteiger partial charge in [0, 0.05) is 0 Å². The molecule has 1 atom stereocenters. The standard InChI is InChI=1S/C9H16/c1-4-6-8-9(3)7-5-2/h4-5,7,9H,1,6,8H2,2-3H3. The first kappa shape index (κ1) is 8.48. The first-order chi connectivity index (χ1) is 4.31. The lowest BCUT2D eigenvalue weighted by molar-refractivity contribution is 0.657. The van der Waals surface area contributed by atoms with Crippen molar-refractivity contribution in [1.29, 1.82) is 0 Å². The molecule has 0 aliphatic heterocycles. The molecule has 52 valence electrons. The second kappa shape index (κ2) is 5.61. The maximum absolute atomic E-state index is 3.67. The molecule has 0 nitrogen and oxygen atoms in total. The highest BCUT2D eigenvalue weighted by molar-refractivity contribution is 4.84. The number of rotatable bonds is 4. The van der Waals surface area contributed by atoms with Crippen molar-refractivity contribution in [3.05, 3.63) is 24.8 Å². The van der Waals surface area contributed by atoms with Crippen molar-refractivity contribution in [3.8, 4) is 0 Å². The molecule has 0 aliphatic carbocycles. The molecule has 0 heteroatoms. The lowest BCUT2D eigenvalue weighted by Gasteiger charge is -2.00. The molecule has 0 spiro atoms. The van der Waals surface area contributed by atoms with E-state index in [-0.39, 0.29) is 0 Å². The molecule has 0 aromatic carbocycles. The zero-order valence-corrected chi connectivity index (χ0v) is 6.43. The third kappa shape index (κ3) is 5.35. The molecule has 0 aliphatic rings. The fourth-order valence-electron chi connectivity index (χ4n) is 0.806. The molecule has 0 rings (SSSR count). The predicted molar refractivity (Wildman–Crippen MR) is 43.4 cm³/mol. The predicted octanol–water partition coefficient (Wildman–Crippen LogP) is 3.16. The fourth-order valence-corrected chi connectivity index (χ4v) is 0.806. The van der Waals surface area contributed by atoms with Crippen molar-refractivity contribution in [2.24, 2.45) is 5.92 Å². The summed E-state index contributed by atoms with van der Waals surface area (Å²) in [4.78, 5) is 0. The van der Waals surface area contributed by atoms with Gasteiger partial charge in [-0.15, -0.1) is 6.58 Å². The van der Waals surface area contributed by atoms with Gasteiger partial charge in [0.15, 0.2) is 0 Å². The van der Waals surface area contributed by atoms with Gasteiger partial charge in [0.05, 0.1) is 0 Å². The molecule has 0 saturated heterocycles. The Labute approximate surface area is 58.3 Å². The van der Waals surface area contributed by atoms with E-state index in [1.54, 1.807) is 0 Å². The Morgan fingerprint density at radius 2 is 2.22 bits per heavy atom. The summed E-state index contributed by atoms with van der Waals surface area (Å²) in [7, 11) is 0. The van der Waals surface area contributed by atoms with Gasteiger partial charge >= 0.3 is 0 Å². The van der Waals surface area contributed by atoms with Crippen molar-refractivity contribution in [3.63, 3.8) is 0 Å². The summed E-state index contributed by atoms with van der Waals surface area (Å²) in [6, 6.07) is 0. The molecule has 0 radical (unpaired) electrons. The van der Waals surface area contributed by atoms with Crippen molar-refractivity contribution in [2.45, 2.75) is 26.7 Å². The smallest absolute Gasteiger partial charge is 0.0259 e. The average Bonchev–Trinajstić information content (AvgIpc) is 1.85. The summed E-state index contributed by atoms with van der Waals surface area (Å²) in [6.45, 7) is 7.95. The van der Waals surface area contributed by atoms with Crippen LogP contribution in [0.15, 0.2) is 24.8 Å². The molecule has 0 N–H and O–H groups in total. The van der Waals surface area contributed by atoms with Crippen LogP contribution in [0, 0.1) is 5.92 Å². The average molecular weight is 124 g/mol. The summed E-state index contributed by atoms with van der Waals surface area (Å²) in [6.07, 6.45) is 8.66. The van der Waals surface area contributed by atoms with Gasteiger partial charge in [0.2, 0.25) is 0 Å². The van der Waals surface area contributed by atoms with Gasteiger partial charge in [-0.05, 0) is 25.7 Å². The molecule has 0 heterocycles. The third-order valence-electron chi connectivity index (χ3n) is 1.35. The van der Waals surface area contributed by atoms with Crippen LogP contribution in [0.3, 0.4) is 0 Å². The Bertz CT molecular complexity index is 90.2. The second-order valence-corrected chi connectivity index (χ2v) is 2.37. The van der Waals surface area contributed by atoms with Crippen molar-refractivity contribution >= 4 is 0 Å². The number of hydrogen-bond acceptors (Lipinski definition) is 0. The van der Waals surface area contributed by atoms with Gasteiger partial charge in [-0.25, -0.2) is 0 Å². The Morgan fingerprint density at radius 1 is 1.56 bits per heavy atom. The van der Waals surface area contributed by atoms with Crippen LogP contribution in [-0.2, 0) is 0 Å². The zero-order chi connectivity index (χ0) is 7.11.